The molecular formula is C15H16BrF2N3. The third-order valence-corrected chi connectivity index (χ3v) is 3.57. The summed E-state index contributed by atoms with van der Waals surface area (Å²) in [6.07, 6.45) is 0. The van der Waals surface area contributed by atoms with E-state index in [4.69, 9.17) is 0 Å². The van der Waals surface area contributed by atoms with Crippen molar-refractivity contribution in [1.29, 1.82) is 0 Å². The van der Waals surface area contributed by atoms with Gasteiger partial charge in [0.05, 0.1) is 15.7 Å². The maximum Gasteiger partial charge on any atom is 0.149 e. The van der Waals surface area contributed by atoms with Crippen molar-refractivity contribution in [2.24, 2.45) is 0 Å². The average Bonchev–Trinajstić information content (AvgIpc) is 2.42. The first-order valence-corrected chi connectivity index (χ1v) is 7.24. The summed E-state index contributed by atoms with van der Waals surface area (Å²) in [6.45, 7) is 5.83. The van der Waals surface area contributed by atoms with Crippen LogP contribution in [0.15, 0.2) is 22.7 Å². The second-order valence-corrected chi connectivity index (χ2v) is 6.53. The van der Waals surface area contributed by atoms with Gasteiger partial charge in [0.1, 0.15) is 23.3 Å². The Morgan fingerprint density at radius 3 is 2.38 bits per heavy atom. The first kappa shape index (κ1) is 15.8. The zero-order valence-electron chi connectivity index (χ0n) is 12.3. The first-order chi connectivity index (χ1) is 9.74. The number of rotatable bonds is 2. The molecule has 2 rings (SSSR count). The lowest BCUT2D eigenvalue weighted by Gasteiger charge is -2.19. The van der Waals surface area contributed by atoms with Gasteiger partial charge in [0.2, 0.25) is 0 Å². The summed E-state index contributed by atoms with van der Waals surface area (Å²) in [5.74, 6) is -0.293. The van der Waals surface area contributed by atoms with Crippen molar-refractivity contribution in [1.82, 2.24) is 9.97 Å². The maximum absolute atomic E-state index is 14.2. The van der Waals surface area contributed by atoms with Crippen molar-refractivity contribution in [3.8, 4) is 11.3 Å². The molecule has 1 N–H and O–H groups in total. The van der Waals surface area contributed by atoms with Crippen LogP contribution in [0.5, 0.6) is 0 Å². The molecule has 1 heterocycles. The fourth-order valence-electron chi connectivity index (χ4n) is 1.80. The van der Waals surface area contributed by atoms with Crippen molar-refractivity contribution in [2.45, 2.75) is 26.2 Å². The summed E-state index contributed by atoms with van der Waals surface area (Å²) in [6, 6.07) is 4.07. The van der Waals surface area contributed by atoms with Gasteiger partial charge in [-0.2, -0.15) is 0 Å². The minimum Gasteiger partial charge on any atom is -0.373 e. The van der Waals surface area contributed by atoms with Gasteiger partial charge < -0.3 is 5.32 Å². The predicted molar refractivity (Wildman–Crippen MR) is 83.3 cm³/mol. The molecule has 0 bridgehead atoms. The molecule has 0 atom stereocenters. The molecular weight excluding hydrogens is 340 g/mol. The molecule has 0 aliphatic heterocycles. The summed E-state index contributed by atoms with van der Waals surface area (Å²) in [7, 11) is 1.70. The fourth-order valence-corrected chi connectivity index (χ4v) is 2.13. The van der Waals surface area contributed by atoms with Crippen molar-refractivity contribution in [2.75, 3.05) is 12.4 Å². The second-order valence-electron chi connectivity index (χ2n) is 5.68. The number of aromatic nitrogens is 2. The number of halogens is 3. The molecule has 0 amide bonds. The van der Waals surface area contributed by atoms with Crippen LogP contribution in [0.2, 0.25) is 0 Å². The summed E-state index contributed by atoms with van der Waals surface area (Å²) in [5, 5.41) is 2.90. The molecule has 0 radical (unpaired) electrons. The molecule has 1 aromatic carbocycles. The third kappa shape index (κ3) is 3.20. The molecule has 0 spiro atoms. The van der Waals surface area contributed by atoms with Crippen LogP contribution in [0.3, 0.4) is 0 Å². The van der Waals surface area contributed by atoms with Crippen molar-refractivity contribution >= 4 is 21.7 Å². The van der Waals surface area contributed by atoms with Crippen LogP contribution >= 0.6 is 15.9 Å². The van der Waals surface area contributed by atoms with Gasteiger partial charge >= 0.3 is 0 Å². The highest BCUT2D eigenvalue weighted by Gasteiger charge is 2.22. The van der Waals surface area contributed by atoms with E-state index < -0.39 is 11.6 Å². The molecule has 112 valence electrons. The summed E-state index contributed by atoms with van der Waals surface area (Å²) in [5.41, 5.74) is -0.273. The van der Waals surface area contributed by atoms with E-state index in [0.717, 1.165) is 0 Å². The molecule has 2 aromatic rings. The fraction of sp³-hybridized carbons (Fsp3) is 0.333. The predicted octanol–water partition coefficient (Wildman–Crippen LogP) is 4.52. The summed E-state index contributed by atoms with van der Waals surface area (Å²) >= 11 is 3.07. The average molecular weight is 356 g/mol. The maximum atomic E-state index is 14.2. The molecule has 21 heavy (non-hydrogen) atoms. The molecule has 0 aliphatic carbocycles. The summed E-state index contributed by atoms with van der Waals surface area (Å²) in [4.78, 5) is 8.69. The summed E-state index contributed by atoms with van der Waals surface area (Å²) < 4.78 is 28.5. The van der Waals surface area contributed by atoms with Gasteiger partial charge in [-0.1, -0.05) is 20.8 Å². The number of nitrogens with zero attached hydrogens (tertiary/aromatic N) is 2. The topological polar surface area (TPSA) is 37.8 Å². The number of hydrogen-bond acceptors (Lipinski definition) is 3. The lowest BCUT2D eigenvalue weighted by molar-refractivity contribution is 0.544. The SMILES string of the molecule is CNc1cc(-c2c(F)ccc(Br)c2F)nc(C(C)(C)C)n1. The molecule has 0 fully saturated rings. The Morgan fingerprint density at radius 1 is 1.14 bits per heavy atom. The van der Waals surface area contributed by atoms with Gasteiger partial charge in [-0.15, -0.1) is 0 Å². The smallest absolute Gasteiger partial charge is 0.149 e. The third-order valence-electron chi connectivity index (χ3n) is 2.95. The highest BCUT2D eigenvalue weighted by molar-refractivity contribution is 9.10. The second kappa shape index (κ2) is 5.67. The van der Waals surface area contributed by atoms with E-state index in [9.17, 15) is 8.78 Å². The van der Waals surface area contributed by atoms with Crippen molar-refractivity contribution < 1.29 is 8.78 Å². The highest BCUT2D eigenvalue weighted by atomic mass is 79.9. The molecule has 0 aliphatic rings. The normalized spacial score (nSPS) is 11.6. The molecule has 0 saturated carbocycles. The van der Waals surface area contributed by atoms with Crippen LogP contribution < -0.4 is 5.32 Å². The Kier molecular flexibility index (Phi) is 4.27. The van der Waals surface area contributed by atoms with E-state index in [-0.39, 0.29) is 21.1 Å². The Hall–Kier alpha value is -1.56. The lowest BCUT2D eigenvalue weighted by atomic mass is 9.95. The molecule has 3 nitrogen and oxygen atoms in total. The van der Waals surface area contributed by atoms with E-state index >= 15 is 0 Å². The van der Waals surface area contributed by atoms with E-state index in [2.05, 4.69) is 31.2 Å². The minimum atomic E-state index is -0.671. The Morgan fingerprint density at radius 2 is 1.81 bits per heavy atom. The van der Waals surface area contributed by atoms with E-state index in [1.54, 1.807) is 7.05 Å². The zero-order valence-corrected chi connectivity index (χ0v) is 13.8. The number of anilines is 1. The zero-order chi connectivity index (χ0) is 15.8. The quantitative estimate of drug-likeness (QED) is 0.804. The van der Waals surface area contributed by atoms with Crippen molar-refractivity contribution in [3.05, 3.63) is 40.1 Å². The van der Waals surface area contributed by atoms with E-state index in [0.29, 0.717) is 11.6 Å². The van der Waals surface area contributed by atoms with Gasteiger partial charge in [0.15, 0.2) is 0 Å². The number of nitrogens with one attached hydrogen (secondary N) is 1. The standard InChI is InChI=1S/C15H16BrF2N3/c1-15(2,3)14-20-10(7-11(19-4)21-14)12-9(17)6-5-8(16)13(12)18/h5-7H,1-4H3,(H,19,20,21). The van der Waals surface area contributed by atoms with Crippen LogP contribution in [0.1, 0.15) is 26.6 Å². The van der Waals surface area contributed by atoms with Gasteiger partial charge in [0.25, 0.3) is 0 Å². The molecule has 1 aromatic heterocycles. The monoisotopic (exact) mass is 355 g/mol. The van der Waals surface area contributed by atoms with Crippen LogP contribution in [-0.4, -0.2) is 17.0 Å². The van der Waals surface area contributed by atoms with Crippen molar-refractivity contribution in [3.63, 3.8) is 0 Å². The van der Waals surface area contributed by atoms with E-state index in [1.165, 1.54) is 18.2 Å². The van der Waals surface area contributed by atoms with Gasteiger partial charge in [-0.25, -0.2) is 18.7 Å². The van der Waals surface area contributed by atoms with Crippen LogP contribution in [0.4, 0.5) is 14.6 Å². The minimum absolute atomic E-state index is 0.159. The molecule has 0 unspecified atom stereocenters. The Balaban J connectivity index is 2.73. The largest absolute Gasteiger partial charge is 0.373 e. The van der Waals surface area contributed by atoms with Crippen LogP contribution in [0.25, 0.3) is 11.3 Å². The number of benzene rings is 1. The number of hydrogen-bond donors (Lipinski definition) is 1. The highest BCUT2D eigenvalue weighted by Crippen LogP contribution is 2.32. The lowest BCUT2D eigenvalue weighted by Crippen LogP contribution is -2.17. The van der Waals surface area contributed by atoms with Gasteiger partial charge in [-0.3, -0.25) is 0 Å². The van der Waals surface area contributed by atoms with E-state index in [1.807, 2.05) is 20.8 Å². The van der Waals surface area contributed by atoms with Crippen LogP contribution in [-0.2, 0) is 5.41 Å². The molecule has 6 heteroatoms. The Labute approximate surface area is 131 Å². The molecule has 0 saturated heterocycles. The van der Waals surface area contributed by atoms with Crippen LogP contribution in [0, 0.1) is 11.6 Å². The van der Waals surface area contributed by atoms with Gasteiger partial charge in [0, 0.05) is 18.5 Å². The Bertz CT molecular complexity index is 681. The van der Waals surface area contributed by atoms with Gasteiger partial charge in [-0.05, 0) is 28.1 Å². The first-order valence-electron chi connectivity index (χ1n) is 6.45.